The highest BCUT2D eigenvalue weighted by molar-refractivity contribution is 5.02. The van der Waals surface area contributed by atoms with Crippen LogP contribution >= 0.6 is 0 Å². The Labute approximate surface area is 81.6 Å². The molecule has 1 aliphatic carbocycles. The van der Waals surface area contributed by atoms with Gasteiger partial charge in [-0.15, -0.1) is 0 Å². The molecule has 0 spiro atoms. The van der Waals surface area contributed by atoms with Gasteiger partial charge in [-0.1, -0.05) is 26.0 Å². The SMILES string of the molecule is CC1(C)CC2CC=CC1CCNC2. The van der Waals surface area contributed by atoms with Crippen molar-refractivity contribution in [1.29, 1.82) is 0 Å². The molecule has 1 N–H and O–H groups in total. The largest absolute Gasteiger partial charge is 0.316 e. The van der Waals surface area contributed by atoms with E-state index >= 15 is 0 Å². The molecule has 1 fully saturated rings. The van der Waals surface area contributed by atoms with E-state index < -0.39 is 0 Å². The Morgan fingerprint density at radius 2 is 2.23 bits per heavy atom. The lowest BCUT2D eigenvalue weighted by molar-refractivity contribution is 0.175. The summed E-state index contributed by atoms with van der Waals surface area (Å²) in [6.07, 6.45) is 8.87. The predicted molar refractivity (Wildman–Crippen MR) is 56.6 cm³/mol. The molecule has 0 saturated carbocycles. The molecule has 2 unspecified atom stereocenters. The summed E-state index contributed by atoms with van der Waals surface area (Å²) in [5.41, 5.74) is 0.528. The molecule has 0 aromatic rings. The molecule has 1 saturated heterocycles. The topological polar surface area (TPSA) is 12.0 Å². The highest BCUT2D eigenvalue weighted by Gasteiger charge is 2.33. The lowest BCUT2D eigenvalue weighted by Crippen LogP contribution is -2.35. The van der Waals surface area contributed by atoms with Crippen LogP contribution in [0.2, 0.25) is 0 Å². The molecule has 0 aromatic carbocycles. The minimum atomic E-state index is 0.528. The van der Waals surface area contributed by atoms with Gasteiger partial charge in [0.05, 0.1) is 0 Å². The van der Waals surface area contributed by atoms with E-state index in [4.69, 9.17) is 0 Å². The Morgan fingerprint density at radius 3 is 3.08 bits per heavy atom. The Kier molecular flexibility index (Phi) is 2.46. The zero-order valence-corrected chi connectivity index (χ0v) is 8.84. The van der Waals surface area contributed by atoms with E-state index in [1.54, 1.807) is 0 Å². The van der Waals surface area contributed by atoms with Crippen molar-refractivity contribution in [1.82, 2.24) is 5.32 Å². The van der Waals surface area contributed by atoms with Crippen molar-refractivity contribution in [2.45, 2.75) is 33.1 Å². The maximum absolute atomic E-state index is 3.56. The Morgan fingerprint density at radius 1 is 1.38 bits per heavy atom. The van der Waals surface area contributed by atoms with E-state index in [0.29, 0.717) is 5.41 Å². The molecule has 1 heterocycles. The second kappa shape index (κ2) is 3.45. The maximum Gasteiger partial charge on any atom is -0.00173 e. The van der Waals surface area contributed by atoms with Crippen LogP contribution in [0.3, 0.4) is 0 Å². The van der Waals surface area contributed by atoms with Crippen LogP contribution in [0.5, 0.6) is 0 Å². The summed E-state index contributed by atoms with van der Waals surface area (Å²) in [5.74, 6) is 1.67. The molecule has 2 bridgehead atoms. The van der Waals surface area contributed by atoms with Crippen LogP contribution in [0.1, 0.15) is 33.1 Å². The van der Waals surface area contributed by atoms with Crippen LogP contribution in [0, 0.1) is 17.3 Å². The molecule has 1 nitrogen and oxygen atoms in total. The van der Waals surface area contributed by atoms with Gasteiger partial charge < -0.3 is 5.32 Å². The average molecular weight is 179 g/mol. The minimum Gasteiger partial charge on any atom is -0.316 e. The quantitative estimate of drug-likeness (QED) is 0.564. The van der Waals surface area contributed by atoms with Gasteiger partial charge in [-0.3, -0.25) is 0 Å². The van der Waals surface area contributed by atoms with Crippen LogP contribution in [-0.2, 0) is 0 Å². The first-order chi connectivity index (χ1) is 6.18. The first-order valence-electron chi connectivity index (χ1n) is 5.56. The normalized spacial score (nSPS) is 38.0. The van der Waals surface area contributed by atoms with Gasteiger partial charge in [-0.25, -0.2) is 0 Å². The smallest absolute Gasteiger partial charge is 0.00173 e. The zero-order valence-electron chi connectivity index (χ0n) is 8.84. The van der Waals surface area contributed by atoms with Crippen molar-refractivity contribution < 1.29 is 0 Å². The fraction of sp³-hybridized carbons (Fsp3) is 0.833. The number of nitrogens with one attached hydrogen (secondary N) is 1. The van der Waals surface area contributed by atoms with Gasteiger partial charge in [0.1, 0.15) is 0 Å². The van der Waals surface area contributed by atoms with Gasteiger partial charge in [-0.2, -0.15) is 0 Å². The van der Waals surface area contributed by atoms with Crippen molar-refractivity contribution in [2.24, 2.45) is 17.3 Å². The van der Waals surface area contributed by atoms with Crippen molar-refractivity contribution >= 4 is 0 Å². The van der Waals surface area contributed by atoms with Crippen LogP contribution < -0.4 is 5.32 Å². The molecule has 2 aliphatic rings. The van der Waals surface area contributed by atoms with Gasteiger partial charge in [0.25, 0.3) is 0 Å². The second-order valence-corrected chi connectivity index (χ2v) is 5.32. The molecular formula is C12H21N. The first-order valence-corrected chi connectivity index (χ1v) is 5.56. The van der Waals surface area contributed by atoms with Crippen molar-refractivity contribution in [3.05, 3.63) is 12.2 Å². The van der Waals surface area contributed by atoms with Crippen LogP contribution in [-0.4, -0.2) is 13.1 Å². The highest BCUT2D eigenvalue weighted by atomic mass is 14.9. The first kappa shape index (κ1) is 9.26. The van der Waals surface area contributed by atoms with Crippen LogP contribution in [0.4, 0.5) is 0 Å². The summed E-state index contributed by atoms with van der Waals surface area (Å²) in [6.45, 7) is 7.30. The highest BCUT2D eigenvalue weighted by Crippen LogP contribution is 2.40. The molecule has 1 aliphatic heterocycles. The summed E-state index contributed by atoms with van der Waals surface area (Å²) in [4.78, 5) is 0. The molecule has 74 valence electrons. The van der Waals surface area contributed by atoms with Gasteiger partial charge in [0, 0.05) is 0 Å². The Bertz CT molecular complexity index is 205. The van der Waals surface area contributed by atoms with Gasteiger partial charge in [0.15, 0.2) is 0 Å². The Balaban J connectivity index is 2.21. The van der Waals surface area contributed by atoms with Crippen LogP contribution in [0.25, 0.3) is 0 Å². The van der Waals surface area contributed by atoms with Gasteiger partial charge >= 0.3 is 0 Å². The van der Waals surface area contributed by atoms with Crippen molar-refractivity contribution in [3.63, 3.8) is 0 Å². The number of hydrogen-bond donors (Lipinski definition) is 1. The second-order valence-electron chi connectivity index (χ2n) is 5.32. The molecule has 0 radical (unpaired) electrons. The molecule has 0 aromatic heterocycles. The summed E-state index contributed by atoms with van der Waals surface area (Å²) in [5, 5.41) is 3.56. The number of allylic oxidation sites excluding steroid dienone is 2. The third-order valence-corrected chi connectivity index (χ3v) is 3.72. The Hall–Kier alpha value is -0.300. The lowest BCUT2D eigenvalue weighted by atomic mass is 9.72. The predicted octanol–water partition coefficient (Wildman–Crippen LogP) is 2.59. The summed E-state index contributed by atoms with van der Waals surface area (Å²) in [6, 6.07) is 0. The van der Waals surface area contributed by atoms with Gasteiger partial charge in [0.2, 0.25) is 0 Å². The molecule has 0 amide bonds. The fourth-order valence-electron chi connectivity index (χ4n) is 2.88. The molecular weight excluding hydrogens is 158 g/mol. The van der Waals surface area contributed by atoms with Gasteiger partial charge in [-0.05, 0) is 49.6 Å². The number of hydrogen-bond acceptors (Lipinski definition) is 1. The van der Waals surface area contributed by atoms with E-state index in [1.807, 2.05) is 0 Å². The van der Waals surface area contributed by atoms with E-state index in [1.165, 1.54) is 32.4 Å². The molecule has 13 heavy (non-hydrogen) atoms. The van der Waals surface area contributed by atoms with E-state index in [-0.39, 0.29) is 0 Å². The molecule has 2 rings (SSSR count). The number of rotatable bonds is 0. The maximum atomic E-state index is 3.56. The zero-order chi connectivity index (χ0) is 9.31. The van der Waals surface area contributed by atoms with Crippen LogP contribution in [0.15, 0.2) is 12.2 Å². The van der Waals surface area contributed by atoms with Crippen molar-refractivity contribution in [3.8, 4) is 0 Å². The number of fused-ring (bicyclic) bond motifs is 3. The summed E-state index contributed by atoms with van der Waals surface area (Å²) >= 11 is 0. The lowest BCUT2D eigenvalue weighted by Gasteiger charge is -2.36. The third kappa shape index (κ3) is 1.96. The summed E-state index contributed by atoms with van der Waals surface area (Å²) in [7, 11) is 0. The fourth-order valence-corrected chi connectivity index (χ4v) is 2.88. The van der Waals surface area contributed by atoms with Crippen molar-refractivity contribution in [2.75, 3.05) is 13.1 Å². The molecule has 2 atom stereocenters. The standard InChI is InChI=1S/C12H21N/c1-12(2)8-10-4-3-5-11(12)6-7-13-9-10/h3,5,10-11,13H,4,6-9H2,1-2H3. The van der Waals surface area contributed by atoms with E-state index in [0.717, 1.165) is 11.8 Å². The molecule has 1 heteroatoms. The average Bonchev–Trinajstić information content (AvgIpc) is 2.17. The summed E-state index contributed by atoms with van der Waals surface area (Å²) < 4.78 is 0. The minimum absolute atomic E-state index is 0.528. The third-order valence-electron chi connectivity index (χ3n) is 3.72. The van der Waals surface area contributed by atoms with E-state index in [9.17, 15) is 0 Å². The monoisotopic (exact) mass is 179 g/mol. The van der Waals surface area contributed by atoms with E-state index in [2.05, 4.69) is 31.3 Å².